The zero-order chi connectivity index (χ0) is 19.3. The molecule has 2 amide bonds. The van der Waals surface area contributed by atoms with Crippen molar-refractivity contribution in [2.45, 2.75) is 32.0 Å². The highest BCUT2D eigenvalue weighted by atomic mass is 16.5. The van der Waals surface area contributed by atoms with Crippen LogP contribution in [0.3, 0.4) is 0 Å². The van der Waals surface area contributed by atoms with Crippen LogP contribution >= 0.6 is 0 Å². The molecule has 0 aliphatic carbocycles. The van der Waals surface area contributed by atoms with Gasteiger partial charge in [0.25, 0.3) is 0 Å². The van der Waals surface area contributed by atoms with Crippen molar-refractivity contribution >= 4 is 6.03 Å². The minimum atomic E-state index is -0.0449. The highest BCUT2D eigenvalue weighted by Gasteiger charge is 2.29. The number of urea groups is 1. The molecule has 146 valence electrons. The molecule has 1 aliphatic rings. The number of likely N-dealkylation sites (tertiary alicyclic amines) is 1. The molecule has 2 aromatic heterocycles. The number of ether oxygens (including phenoxy) is 1. The molecule has 2 N–H and O–H groups in total. The van der Waals surface area contributed by atoms with Crippen LogP contribution in [0.1, 0.15) is 18.4 Å². The number of amides is 2. The van der Waals surface area contributed by atoms with Gasteiger partial charge in [-0.3, -0.25) is 9.78 Å². The van der Waals surface area contributed by atoms with E-state index in [0.29, 0.717) is 6.54 Å². The van der Waals surface area contributed by atoms with E-state index >= 15 is 0 Å². The van der Waals surface area contributed by atoms with Crippen LogP contribution in [0.25, 0.3) is 11.3 Å². The molecule has 1 fully saturated rings. The van der Waals surface area contributed by atoms with Crippen molar-refractivity contribution in [1.29, 1.82) is 0 Å². The predicted octanol–water partition coefficient (Wildman–Crippen LogP) is 2.66. The van der Waals surface area contributed by atoms with Gasteiger partial charge in [-0.15, -0.1) is 0 Å². The number of aromatic nitrogens is 4. The van der Waals surface area contributed by atoms with Crippen molar-refractivity contribution in [1.82, 2.24) is 30.2 Å². The highest BCUT2D eigenvalue weighted by Crippen LogP contribution is 2.24. The lowest BCUT2D eigenvalue weighted by atomic mass is 10.1. The minimum Gasteiger partial charge on any atom is -0.497 e. The number of methoxy groups -OCH3 is 1. The van der Waals surface area contributed by atoms with E-state index in [1.54, 1.807) is 19.5 Å². The zero-order valence-electron chi connectivity index (χ0n) is 15.8. The molecular weight excluding hydrogens is 356 g/mol. The van der Waals surface area contributed by atoms with Gasteiger partial charge in [-0.2, -0.15) is 10.2 Å². The summed E-state index contributed by atoms with van der Waals surface area (Å²) < 4.78 is 7.09. The Hall–Kier alpha value is -3.29. The van der Waals surface area contributed by atoms with Crippen molar-refractivity contribution in [3.05, 3.63) is 54.5 Å². The van der Waals surface area contributed by atoms with Crippen LogP contribution in [0.4, 0.5) is 4.79 Å². The molecule has 8 heteroatoms. The van der Waals surface area contributed by atoms with Crippen LogP contribution in [-0.4, -0.2) is 50.6 Å². The first-order chi connectivity index (χ1) is 13.7. The van der Waals surface area contributed by atoms with Crippen LogP contribution in [0.5, 0.6) is 5.75 Å². The van der Waals surface area contributed by atoms with E-state index in [1.165, 1.54) is 0 Å². The summed E-state index contributed by atoms with van der Waals surface area (Å²) in [7, 11) is 1.64. The average Bonchev–Trinajstić information content (AvgIpc) is 3.48. The van der Waals surface area contributed by atoms with Gasteiger partial charge in [0.05, 0.1) is 31.6 Å². The Kier molecular flexibility index (Phi) is 5.27. The molecule has 1 aliphatic heterocycles. The summed E-state index contributed by atoms with van der Waals surface area (Å²) in [6.07, 6.45) is 7.46. The normalized spacial score (nSPS) is 16.3. The summed E-state index contributed by atoms with van der Waals surface area (Å²) in [5.41, 5.74) is 2.85. The number of aromatic amines is 1. The van der Waals surface area contributed by atoms with Crippen molar-refractivity contribution in [3.63, 3.8) is 0 Å². The highest BCUT2D eigenvalue weighted by molar-refractivity contribution is 5.75. The zero-order valence-corrected chi connectivity index (χ0v) is 15.8. The molecule has 1 atom stereocenters. The Morgan fingerprint density at radius 3 is 2.96 bits per heavy atom. The lowest BCUT2D eigenvalue weighted by Gasteiger charge is -2.25. The van der Waals surface area contributed by atoms with Gasteiger partial charge >= 0.3 is 6.03 Å². The Labute approximate surface area is 163 Å². The summed E-state index contributed by atoms with van der Waals surface area (Å²) in [6.45, 7) is 1.92. The number of nitrogens with one attached hydrogen (secondary N) is 2. The molecule has 1 saturated heterocycles. The molecule has 28 heavy (non-hydrogen) atoms. The monoisotopic (exact) mass is 380 g/mol. The van der Waals surface area contributed by atoms with E-state index in [1.807, 2.05) is 46.1 Å². The first-order valence-corrected chi connectivity index (χ1v) is 9.43. The number of H-pyrrole nitrogens is 1. The number of rotatable bonds is 6. The van der Waals surface area contributed by atoms with Crippen LogP contribution < -0.4 is 10.1 Å². The fraction of sp³-hybridized carbons (Fsp3) is 0.350. The van der Waals surface area contributed by atoms with Gasteiger partial charge in [-0.05, 0) is 43.2 Å². The number of benzene rings is 1. The number of hydrogen-bond acceptors (Lipinski definition) is 4. The molecule has 1 unspecified atom stereocenters. The number of hydrogen-bond donors (Lipinski definition) is 2. The molecule has 0 saturated carbocycles. The third-order valence-electron chi connectivity index (χ3n) is 5.12. The van der Waals surface area contributed by atoms with E-state index in [-0.39, 0.29) is 12.1 Å². The average molecular weight is 380 g/mol. The van der Waals surface area contributed by atoms with Gasteiger partial charge in [0, 0.05) is 36.6 Å². The first-order valence-electron chi connectivity index (χ1n) is 9.43. The van der Waals surface area contributed by atoms with Crippen molar-refractivity contribution in [3.8, 4) is 17.0 Å². The number of carbonyl (C=O) groups is 1. The summed E-state index contributed by atoms with van der Waals surface area (Å²) in [5.74, 6) is 0.801. The SMILES string of the molecule is COc1ccc(-c2[nH]ncc2CNC(=O)N2CCCC2Cn2cccn2)cc1. The maximum atomic E-state index is 12.7. The summed E-state index contributed by atoms with van der Waals surface area (Å²) in [5, 5.41) is 14.5. The van der Waals surface area contributed by atoms with E-state index in [2.05, 4.69) is 20.6 Å². The van der Waals surface area contributed by atoms with Gasteiger partial charge < -0.3 is 15.0 Å². The van der Waals surface area contributed by atoms with Crippen LogP contribution in [0, 0.1) is 0 Å². The molecule has 8 nitrogen and oxygen atoms in total. The van der Waals surface area contributed by atoms with Crippen molar-refractivity contribution in [2.24, 2.45) is 0 Å². The van der Waals surface area contributed by atoms with Crippen LogP contribution in [0.2, 0.25) is 0 Å². The fourth-order valence-electron chi connectivity index (χ4n) is 3.64. The topological polar surface area (TPSA) is 88.1 Å². The van der Waals surface area contributed by atoms with E-state index < -0.39 is 0 Å². The molecule has 3 heterocycles. The van der Waals surface area contributed by atoms with Gasteiger partial charge in [0.15, 0.2) is 0 Å². The van der Waals surface area contributed by atoms with E-state index in [4.69, 9.17) is 4.74 Å². The summed E-state index contributed by atoms with van der Waals surface area (Å²) in [4.78, 5) is 14.7. The van der Waals surface area contributed by atoms with E-state index in [0.717, 1.165) is 48.5 Å². The molecule has 0 radical (unpaired) electrons. The Bertz CT molecular complexity index is 903. The Morgan fingerprint density at radius 2 is 2.21 bits per heavy atom. The maximum Gasteiger partial charge on any atom is 0.317 e. The van der Waals surface area contributed by atoms with Gasteiger partial charge in [-0.25, -0.2) is 4.79 Å². The summed E-state index contributed by atoms with van der Waals surface area (Å²) >= 11 is 0. The second-order valence-electron chi connectivity index (χ2n) is 6.87. The Balaban J connectivity index is 1.39. The molecule has 3 aromatic rings. The second-order valence-corrected chi connectivity index (χ2v) is 6.87. The van der Waals surface area contributed by atoms with Crippen molar-refractivity contribution < 1.29 is 9.53 Å². The maximum absolute atomic E-state index is 12.7. The summed E-state index contributed by atoms with van der Waals surface area (Å²) in [6, 6.07) is 9.78. The molecule has 4 rings (SSSR count). The fourth-order valence-corrected chi connectivity index (χ4v) is 3.64. The van der Waals surface area contributed by atoms with Gasteiger partial charge in [0.1, 0.15) is 5.75 Å². The Morgan fingerprint density at radius 1 is 1.36 bits per heavy atom. The van der Waals surface area contributed by atoms with Gasteiger partial charge in [0.2, 0.25) is 0 Å². The standard InChI is InChI=1S/C20H24N6O2/c1-28-18-7-5-15(6-8-18)19-16(13-22-24-19)12-21-20(27)26-11-2-4-17(26)14-25-10-3-9-23-25/h3,5-10,13,17H,2,4,11-12,14H2,1H3,(H,21,27)(H,22,24). The lowest BCUT2D eigenvalue weighted by Crippen LogP contribution is -2.44. The van der Waals surface area contributed by atoms with Crippen molar-refractivity contribution in [2.75, 3.05) is 13.7 Å². The lowest BCUT2D eigenvalue weighted by molar-refractivity contribution is 0.185. The van der Waals surface area contributed by atoms with Crippen LogP contribution in [0.15, 0.2) is 48.9 Å². The largest absolute Gasteiger partial charge is 0.497 e. The molecule has 0 spiro atoms. The van der Waals surface area contributed by atoms with Crippen LogP contribution in [-0.2, 0) is 13.1 Å². The van der Waals surface area contributed by atoms with E-state index in [9.17, 15) is 4.79 Å². The smallest absolute Gasteiger partial charge is 0.317 e. The molecular formula is C20H24N6O2. The molecule has 1 aromatic carbocycles. The quantitative estimate of drug-likeness (QED) is 0.688. The minimum absolute atomic E-state index is 0.0449. The number of nitrogens with zero attached hydrogens (tertiary/aromatic N) is 4. The van der Waals surface area contributed by atoms with Gasteiger partial charge in [-0.1, -0.05) is 0 Å². The predicted molar refractivity (Wildman–Crippen MR) is 105 cm³/mol. The molecule has 0 bridgehead atoms. The third-order valence-corrected chi connectivity index (χ3v) is 5.12. The number of carbonyl (C=O) groups excluding carboxylic acids is 1. The first kappa shape index (κ1) is 18.1. The second kappa shape index (κ2) is 8.16. The third kappa shape index (κ3) is 3.85.